The third-order valence-corrected chi connectivity index (χ3v) is 4.76. The van der Waals surface area contributed by atoms with E-state index in [1.165, 1.54) is 0 Å². The molecule has 1 aliphatic rings. The van der Waals surface area contributed by atoms with Gasteiger partial charge in [-0.25, -0.2) is 13.2 Å². The van der Waals surface area contributed by atoms with E-state index in [2.05, 4.69) is 4.98 Å². The monoisotopic (exact) mass is 274 g/mol. The Labute approximate surface area is 104 Å². The summed E-state index contributed by atoms with van der Waals surface area (Å²) in [4.78, 5) is 13.0. The minimum atomic E-state index is -3.74. The van der Waals surface area contributed by atoms with Crippen LogP contribution in [0.2, 0.25) is 0 Å². The predicted octanol–water partition coefficient (Wildman–Crippen LogP) is -0.142. The van der Waals surface area contributed by atoms with E-state index < -0.39 is 21.6 Å². The second-order valence-corrected chi connectivity index (χ2v) is 6.58. The van der Waals surface area contributed by atoms with Crippen molar-refractivity contribution in [1.82, 2.24) is 9.29 Å². The Hall–Kier alpha value is -1.38. The van der Waals surface area contributed by atoms with Crippen molar-refractivity contribution in [3.05, 3.63) is 18.0 Å². The van der Waals surface area contributed by atoms with Crippen LogP contribution in [0, 0.1) is 0 Å². The summed E-state index contributed by atoms with van der Waals surface area (Å²) in [6, 6.07) is 1.07. The Bertz CT molecular complexity index is 575. The highest BCUT2D eigenvalue weighted by Gasteiger charge is 2.38. The maximum absolute atomic E-state index is 12.2. The number of aliphatic hydroxyl groups is 1. The highest BCUT2D eigenvalue weighted by Crippen LogP contribution is 2.26. The first kappa shape index (κ1) is 13.1. The van der Waals surface area contributed by atoms with Gasteiger partial charge in [0.2, 0.25) is 10.0 Å². The highest BCUT2D eigenvalue weighted by atomic mass is 32.2. The molecular weight excluding hydrogens is 260 g/mol. The number of hydrogen-bond acceptors (Lipinski definition) is 4. The first-order valence-electron chi connectivity index (χ1n) is 5.37. The number of carbonyl (C=O) groups is 1. The molecule has 1 atom stereocenters. The zero-order valence-corrected chi connectivity index (χ0v) is 10.6. The van der Waals surface area contributed by atoms with Gasteiger partial charge in [0.05, 0.1) is 5.60 Å². The minimum Gasteiger partial charge on any atom is -0.477 e. The Morgan fingerprint density at radius 3 is 2.67 bits per heavy atom. The first-order chi connectivity index (χ1) is 8.22. The Kier molecular flexibility index (Phi) is 2.96. The normalized spacial score (nSPS) is 25.4. The zero-order chi connectivity index (χ0) is 13.6. The van der Waals surface area contributed by atoms with Crippen molar-refractivity contribution in [1.29, 1.82) is 0 Å². The molecule has 0 bridgehead atoms. The summed E-state index contributed by atoms with van der Waals surface area (Å²) in [7, 11) is -3.74. The molecule has 2 heterocycles. The van der Waals surface area contributed by atoms with Crippen LogP contribution >= 0.6 is 0 Å². The van der Waals surface area contributed by atoms with E-state index in [9.17, 15) is 18.3 Å². The summed E-state index contributed by atoms with van der Waals surface area (Å²) < 4.78 is 25.5. The van der Waals surface area contributed by atoms with Gasteiger partial charge in [-0.05, 0) is 19.4 Å². The molecule has 2 rings (SSSR count). The van der Waals surface area contributed by atoms with Gasteiger partial charge in [0.25, 0.3) is 0 Å². The Morgan fingerprint density at radius 1 is 1.56 bits per heavy atom. The molecule has 0 spiro atoms. The molecule has 1 aromatic heterocycles. The molecule has 0 saturated carbocycles. The van der Waals surface area contributed by atoms with E-state index in [0.29, 0.717) is 6.42 Å². The van der Waals surface area contributed by atoms with Crippen LogP contribution in [0.3, 0.4) is 0 Å². The number of nitrogens with zero attached hydrogens (tertiary/aromatic N) is 1. The predicted molar refractivity (Wildman–Crippen MR) is 61.8 cm³/mol. The number of nitrogens with one attached hydrogen (secondary N) is 1. The van der Waals surface area contributed by atoms with Gasteiger partial charge in [0.1, 0.15) is 10.6 Å². The molecule has 7 nitrogen and oxygen atoms in total. The maximum Gasteiger partial charge on any atom is 0.352 e. The number of carboxylic acid groups (broad SMARTS) is 1. The van der Waals surface area contributed by atoms with E-state index in [4.69, 9.17) is 5.11 Å². The first-order valence-corrected chi connectivity index (χ1v) is 6.81. The third-order valence-electron chi connectivity index (χ3n) is 2.94. The van der Waals surface area contributed by atoms with Gasteiger partial charge < -0.3 is 15.2 Å². The topological polar surface area (TPSA) is 111 Å². The van der Waals surface area contributed by atoms with Crippen LogP contribution in [0.15, 0.2) is 17.2 Å². The molecule has 100 valence electrons. The number of aromatic nitrogens is 1. The summed E-state index contributed by atoms with van der Waals surface area (Å²) in [6.45, 7) is 1.81. The summed E-state index contributed by atoms with van der Waals surface area (Å²) >= 11 is 0. The molecule has 0 aromatic carbocycles. The Morgan fingerprint density at radius 2 is 2.22 bits per heavy atom. The lowest BCUT2D eigenvalue weighted by molar-refractivity contribution is 0.0690. The van der Waals surface area contributed by atoms with Crippen LogP contribution in [0.1, 0.15) is 23.8 Å². The molecule has 0 aliphatic carbocycles. The lowest BCUT2D eigenvalue weighted by Gasteiger charge is -2.18. The summed E-state index contributed by atoms with van der Waals surface area (Å²) in [5.74, 6) is -1.22. The van der Waals surface area contributed by atoms with Crippen LogP contribution in [0.4, 0.5) is 0 Å². The SMILES string of the molecule is CC1(O)CCN(S(=O)(=O)c2c[nH]c(C(=O)O)c2)C1. The van der Waals surface area contributed by atoms with Crippen molar-refractivity contribution in [3.8, 4) is 0 Å². The smallest absolute Gasteiger partial charge is 0.352 e. The minimum absolute atomic E-state index is 0.0168. The van der Waals surface area contributed by atoms with E-state index in [1.54, 1.807) is 6.92 Å². The number of hydrogen-bond donors (Lipinski definition) is 3. The highest BCUT2D eigenvalue weighted by molar-refractivity contribution is 7.89. The van der Waals surface area contributed by atoms with Crippen molar-refractivity contribution in [2.24, 2.45) is 0 Å². The molecule has 1 fully saturated rings. The molecule has 3 N–H and O–H groups in total. The van der Waals surface area contributed by atoms with Gasteiger partial charge >= 0.3 is 5.97 Å². The van der Waals surface area contributed by atoms with Crippen LogP contribution in [0.5, 0.6) is 0 Å². The number of carboxylic acids is 1. The van der Waals surface area contributed by atoms with E-state index in [-0.39, 0.29) is 23.7 Å². The number of aromatic amines is 1. The number of sulfonamides is 1. The van der Waals surface area contributed by atoms with Crippen LogP contribution in [0.25, 0.3) is 0 Å². The van der Waals surface area contributed by atoms with Gasteiger partial charge in [-0.2, -0.15) is 4.31 Å². The third kappa shape index (κ3) is 2.26. The summed E-state index contributed by atoms with van der Waals surface area (Å²) in [5.41, 5.74) is -1.21. The van der Waals surface area contributed by atoms with Crippen LogP contribution in [-0.4, -0.2) is 52.6 Å². The largest absolute Gasteiger partial charge is 0.477 e. The summed E-state index contributed by atoms with van der Waals surface area (Å²) in [6.07, 6.45) is 1.51. The van der Waals surface area contributed by atoms with E-state index in [1.807, 2.05) is 0 Å². The zero-order valence-electron chi connectivity index (χ0n) is 9.75. The van der Waals surface area contributed by atoms with Gasteiger partial charge in [-0.3, -0.25) is 0 Å². The van der Waals surface area contributed by atoms with E-state index >= 15 is 0 Å². The van der Waals surface area contributed by atoms with Crippen molar-refractivity contribution < 1.29 is 23.4 Å². The second kappa shape index (κ2) is 4.08. The quantitative estimate of drug-likeness (QED) is 0.710. The molecule has 18 heavy (non-hydrogen) atoms. The molecule has 0 radical (unpaired) electrons. The number of H-pyrrole nitrogens is 1. The van der Waals surface area contributed by atoms with Crippen LogP contribution < -0.4 is 0 Å². The molecule has 1 saturated heterocycles. The van der Waals surface area contributed by atoms with Gasteiger partial charge in [0.15, 0.2) is 0 Å². The fourth-order valence-electron chi connectivity index (χ4n) is 1.90. The van der Waals surface area contributed by atoms with Gasteiger partial charge in [-0.1, -0.05) is 0 Å². The lowest BCUT2D eigenvalue weighted by Crippen LogP contribution is -2.33. The van der Waals surface area contributed by atoms with Crippen LogP contribution in [-0.2, 0) is 10.0 Å². The number of β-amino-alcohol motifs (C(OH)–C–C–N with tert-alkyl or cyclic N) is 1. The fourth-order valence-corrected chi connectivity index (χ4v) is 3.46. The maximum atomic E-state index is 12.2. The van der Waals surface area contributed by atoms with Gasteiger partial charge in [-0.15, -0.1) is 0 Å². The number of rotatable bonds is 3. The average Bonchev–Trinajstić information content (AvgIpc) is 2.84. The van der Waals surface area contributed by atoms with Crippen molar-refractivity contribution in [3.63, 3.8) is 0 Å². The van der Waals surface area contributed by atoms with Crippen molar-refractivity contribution >= 4 is 16.0 Å². The molecule has 1 aromatic rings. The average molecular weight is 274 g/mol. The van der Waals surface area contributed by atoms with Crippen molar-refractivity contribution in [2.45, 2.75) is 23.8 Å². The molecule has 1 aliphatic heterocycles. The molecule has 0 amide bonds. The standard InChI is InChI=1S/C10H14N2O5S/c1-10(15)2-3-12(6-10)18(16,17)7-4-8(9(13)14)11-5-7/h4-5,11,15H,2-3,6H2,1H3,(H,13,14). The second-order valence-electron chi connectivity index (χ2n) is 4.64. The summed E-state index contributed by atoms with van der Waals surface area (Å²) in [5, 5.41) is 18.5. The van der Waals surface area contributed by atoms with E-state index in [0.717, 1.165) is 16.6 Å². The Balaban J connectivity index is 2.28. The lowest BCUT2D eigenvalue weighted by atomic mass is 10.1. The molecular formula is C10H14N2O5S. The van der Waals surface area contributed by atoms with Gasteiger partial charge in [0, 0.05) is 19.3 Å². The fraction of sp³-hybridized carbons (Fsp3) is 0.500. The molecule has 8 heteroatoms. The van der Waals surface area contributed by atoms with Crippen molar-refractivity contribution in [2.75, 3.05) is 13.1 Å². The molecule has 1 unspecified atom stereocenters. The number of aromatic carboxylic acids is 1.